The van der Waals surface area contributed by atoms with E-state index in [0.717, 1.165) is 42.2 Å². The molecule has 2 aliphatic heterocycles. The predicted octanol–water partition coefficient (Wildman–Crippen LogP) is 3.75. The Balaban J connectivity index is 1.39. The summed E-state index contributed by atoms with van der Waals surface area (Å²) in [4.78, 5) is 15.6. The average molecular weight is 445 g/mol. The zero-order valence-corrected chi connectivity index (χ0v) is 17.9. The first kappa shape index (κ1) is 21.2. The molecule has 1 unspecified atom stereocenters. The van der Waals surface area contributed by atoms with Crippen molar-refractivity contribution >= 4 is 11.5 Å². The quantitative estimate of drug-likeness (QED) is 0.600. The van der Waals surface area contributed by atoms with E-state index in [-0.39, 0.29) is 6.04 Å². The van der Waals surface area contributed by atoms with Crippen LogP contribution in [0.25, 0.3) is 5.65 Å². The first-order valence-electron chi connectivity index (χ1n) is 11.1. The highest BCUT2D eigenvalue weighted by Crippen LogP contribution is 2.34. The number of nitrogens with zero attached hydrogens (tertiary/aromatic N) is 6. The van der Waals surface area contributed by atoms with Crippen molar-refractivity contribution < 1.29 is 13.2 Å². The van der Waals surface area contributed by atoms with Gasteiger partial charge < -0.3 is 4.90 Å². The Morgan fingerprint density at radius 1 is 0.969 bits per heavy atom. The Kier molecular flexibility index (Phi) is 5.77. The molecule has 0 bridgehead atoms. The molecule has 5 heterocycles. The van der Waals surface area contributed by atoms with Gasteiger partial charge in [0.25, 0.3) is 0 Å². The molecule has 0 spiro atoms. The van der Waals surface area contributed by atoms with Gasteiger partial charge in [-0.05, 0) is 43.7 Å². The van der Waals surface area contributed by atoms with Gasteiger partial charge in [-0.3, -0.25) is 19.2 Å². The fourth-order valence-corrected chi connectivity index (χ4v) is 4.96. The number of pyridine rings is 2. The van der Waals surface area contributed by atoms with Gasteiger partial charge >= 0.3 is 6.18 Å². The molecule has 5 rings (SSSR count). The number of anilines is 1. The largest absolute Gasteiger partial charge is 0.401 e. The molecule has 0 N–H and O–H groups in total. The molecule has 0 radical (unpaired) electrons. The highest BCUT2D eigenvalue weighted by Gasteiger charge is 2.34. The second-order valence-corrected chi connectivity index (χ2v) is 8.57. The number of halogens is 3. The first-order valence-corrected chi connectivity index (χ1v) is 11.1. The van der Waals surface area contributed by atoms with Gasteiger partial charge in [-0.25, -0.2) is 4.98 Å². The van der Waals surface area contributed by atoms with Crippen LogP contribution >= 0.6 is 0 Å². The van der Waals surface area contributed by atoms with Crippen molar-refractivity contribution in [2.45, 2.75) is 31.6 Å². The van der Waals surface area contributed by atoms with Crippen molar-refractivity contribution in [2.75, 3.05) is 44.2 Å². The van der Waals surface area contributed by atoms with Crippen LogP contribution in [-0.2, 0) is 6.54 Å². The lowest BCUT2D eigenvalue weighted by molar-refractivity contribution is -0.146. The van der Waals surface area contributed by atoms with Crippen LogP contribution in [0.5, 0.6) is 0 Å². The van der Waals surface area contributed by atoms with E-state index in [0.29, 0.717) is 32.7 Å². The summed E-state index contributed by atoms with van der Waals surface area (Å²) in [6.07, 6.45) is 1.84. The molecular formula is C23H27F3N6. The van der Waals surface area contributed by atoms with Gasteiger partial charge in [0, 0.05) is 45.1 Å². The van der Waals surface area contributed by atoms with Gasteiger partial charge in [-0.1, -0.05) is 12.1 Å². The molecule has 32 heavy (non-hydrogen) atoms. The number of fused-ring (bicyclic) bond motifs is 1. The molecule has 170 valence electrons. The first-order chi connectivity index (χ1) is 15.5. The fraction of sp³-hybridized carbons (Fsp3) is 0.478. The summed E-state index contributed by atoms with van der Waals surface area (Å²) >= 11 is 0. The number of imidazole rings is 1. The smallest absolute Gasteiger partial charge is 0.354 e. The summed E-state index contributed by atoms with van der Waals surface area (Å²) in [6.45, 7) is 2.71. The Hall–Kier alpha value is -2.65. The van der Waals surface area contributed by atoms with Crippen LogP contribution in [0.4, 0.5) is 19.0 Å². The monoisotopic (exact) mass is 444 g/mol. The second kappa shape index (κ2) is 8.71. The third-order valence-corrected chi connectivity index (χ3v) is 6.39. The number of likely N-dealkylation sites (tertiary alicyclic amines) is 1. The van der Waals surface area contributed by atoms with E-state index in [1.54, 1.807) is 0 Å². The maximum absolute atomic E-state index is 12.8. The normalized spacial score (nSPS) is 21.0. The lowest BCUT2D eigenvalue weighted by atomic mass is 10.1. The van der Waals surface area contributed by atoms with Crippen LogP contribution in [-0.4, -0.2) is 69.6 Å². The highest BCUT2D eigenvalue weighted by atomic mass is 19.4. The average Bonchev–Trinajstić information content (AvgIpc) is 3.38. The fourth-order valence-electron chi connectivity index (χ4n) is 4.96. The number of hydrogen-bond acceptors (Lipinski definition) is 5. The number of aromatic nitrogens is 3. The molecule has 3 aromatic heterocycles. The molecule has 2 fully saturated rings. The maximum Gasteiger partial charge on any atom is 0.401 e. The van der Waals surface area contributed by atoms with Crippen molar-refractivity contribution in [3.63, 3.8) is 0 Å². The van der Waals surface area contributed by atoms with Crippen LogP contribution < -0.4 is 4.90 Å². The van der Waals surface area contributed by atoms with E-state index in [1.165, 1.54) is 4.90 Å². The summed E-state index contributed by atoms with van der Waals surface area (Å²) in [5.41, 5.74) is 2.92. The van der Waals surface area contributed by atoms with Gasteiger partial charge in [-0.15, -0.1) is 0 Å². The minimum atomic E-state index is -4.16. The minimum absolute atomic E-state index is 0.262. The number of rotatable bonds is 5. The van der Waals surface area contributed by atoms with E-state index >= 15 is 0 Å². The topological polar surface area (TPSA) is 39.9 Å². The SMILES string of the molecule is FC(F)(F)CN1CCN(c2c(CN3CCCC3c3ccccn3)nc3ccccn23)CC1. The van der Waals surface area contributed by atoms with E-state index in [2.05, 4.69) is 25.3 Å². The van der Waals surface area contributed by atoms with Gasteiger partial charge in [0.15, 0.2) is 0 Å². The zero-order chi connectivity index (χ0) is 22.1. The molecule has 1 atom stereocenters. The van der Waals surface area contributed by atoms with Crippen molar-refractivity contribution in [1.29, 1.82) is 0 Å². The molecule has 0 aliphatic carbocycles. The molecule has 0 amide bonds. The second-order valence-electron chi connectivity index (χ2n) is 8.57. The number of piperazine rings is 1. The van der Waals surface area contributed by atoms with Crippen molar-refractivity contribution in [3.8, 4) is 0 Å². The zero-order valence-electron chi connectivity index (χ0n) is 17.9. The lowest BCUT2D eigenvalue weighted by Gasteiger charge is -2.36. The Labute approximate surface area is 185 Å². The van der Waals surface area contributed by atoms with Gasteiger partial charge in [0.1, 0.15) is 11.5 Å². The van der Waals surface area contributed by atoms with E-state index in [1.807, 2.05) is 42.7 Å². The summed E-state index contributed by atoms with van der Waals surface area (Å²) in [7, 11) is 0. The van der Waals surface area contributed by atoms with Crippen LogP contribution in [0.1, 0.15) is 30.3 Å². The molecule has 3 aromatic rings. The number of hydrogen-bond donors (Lipinski definition) is 0. The molecule has 2 aliphatic rings. The summed E-state index contributed by atoms with van der Waals surface area (Å²) < 4.78 is 40.5. The van der Waals surface area contributed by atoms with E-state index < -0.39 is 12.7 Å². The van der Waals surface area contributed by atoms with Gasteiger partial charge in [-0.2, -0.15) is 13.2 Å². The van der Waals surface area contributed by atoms with Crippen molar-refractivity contribution in [3.05, 3.63) is 60.2 Å². The van der Waals surface area contributed by atoms with Gasteiger partial charge in [0.05, 0.1) is 24.0 Å². The van der Waals surface area contributed by atoms with Gasteiger partial charge in [0.2, 0.25) is 0 Å². The van der Waals surface area contributed by atoms with E-state index in [4.69, 9.17) is 4.98 Å². The molecule has 2 saturated heterocycles. The summed E-state index contributed by atoms with van der Waals surface area (Å²) in [6, 6.07) is 12.2. The Morgan fingerprint density at radius 2 is 1.78 bits per heavy atom. The number of alkyl halides is 3. The third kappa shape index (κ3) is 4.45. The molecule has 6 nitrogen and oxygen atoms in total. The maximum atomic E-state index is 12.8. The molecule has 9 heteroatoms. The van der Waals surface area contributed by atoms with Crippen LogP contribution in [0, 0.1) is 0 Å². The summed E-state index contributed by atoms with van der Waals surface area (Å²) in [5.74, 6) is 0.999. The third-order valence-electron chi connectivity index (χ3n) is 6.39. The standard InChI is InChI=1S/C23H27F3N6/c24-23(25,26)17-29-12-14-30(15-13-29)22-19(28-21-8-2-4-11-32(21)22)16-31-10-5-7-20(31)18-6-1-3-9-27-18/h1-4,6,8-9,11,20H,5,7,10,12-17H2. The van der Waals surface area contributed by atoms with Crippen molar-refractivity contribution in [1.82, 2.24) is 24.2 Å². The molecule has 0 aromatic carbocycles. The highest BCUT2D eigenvalue weighted by molar-refractivity contribution is 5.57. The van der Waals surface area contributed by atoms with Crippen molar-refractivity contribution in [2.24, 2.45) is 0 Å². The van der Waals surface area contributed by atoms with Crippen LogP contribution in [0.3, 0.4) is 0 Å². The van der Waals surface area contributed by atoms with E-state index in [9.17, 15) is 13.2 Å². The van der Waals surface area contributed by atoms with Crippen LogP contribution in [0.15, 0.2) is 48.8 Å². The van der Waals surface area contributed by atoms with Crippen LogP contribution in [0.2, 0.25) is 0 Å². The lowest BCUT2D eigenvalue weighted by Crippen LogP contribution is -2.49. The Morgan fingerprint density at radius 3 is 2.53 bits per heavy atom. The molecular weight excluding hydrogens is 417 g/mol. The summed E-state index contributed by atoms with van der Waals surface area (Å²) in [5, 5.41) is 0. The minimum Gasteiger partial charge on any atom is -0.354 e. The Bertz CT molecular complexity index is 1040. The molecule has 0 saturated carbocycles. The predicted molar refractivity (Wildman–Crippen MR) is 117 cm³/mol.